The quantitative estimate of drug-likeness (QED) is 0.839. The Morgan fingerprint density at radius 2 is 1.88 bits per heavy atom. The molecule has 26 heavy (non-hydrogen) atoms. The molecule has 0 spiro atoms. The number of nitrogens with zero attached hydrogens (tertiary/aromatic N) is 2. The Morgan fingerprint density at radius 1 is 1.19 bits per heavy atom. The van der Waals surface area contributed by atoms with Gasteiger partial charge in [-0.1, -0.05) is 36.4 Å². The summed E-state index contributed by atoms with van der Waals surface area (Å²) in [7, 11) is 0. The molecule has 0 saturated heterocycles. The first-order valence-electron chi connectivity index (χ1n) is 8.93. The summed E-state index contributed by atoms with van der Waals surface area (Å²) in [6, 6.07) is 16.9. The van der Waals surface area contributed by atoms with Gasteiger partial charge in [0.25, 0.3) is 0 Å². The summed E-state index contributed by atoms with van der Waals surface area (Å²) in [4.78, 5) is 27.3. The van der Waals surface area contributed by atoms with Crippen LogP contribution in [-0.4, -0.2) is 22.6 Å². The van der Waals surface area contributed by atoms with Crippen molar-refractivity contribution in [3.8, 4) is 6.07 Å². The lowest BCUT2D eigenvalue weighted by Crippen LogP contribution is -2.40. The summed E-state index contributed by atoms with van der Waals surface area (Å²) >= 11 is 0. The second kappa shape index (κ2) is 7.53. The molecule has 1 aliphatic carbocycles. The highest BCUT2D eigenvalue weighted by molar-refractivity contribution is 6.01. The van der Waals surface area contributed by atoms with Gasteiger partial charge in [-0.3, -0.25) is 9.59 Å². The maximum absolute atomic E-state index is 13.3. The lowest BCUT2D eigenvalue weighted by molar-refractivity contribution is -0.135. The molecular weight excluding hydrogens is 324 g/mol. The summed E-state index contributed by atoms with van der Waals surface area (Å²) in [5, 5.41) is 8.93. The van der Waals surface area contributed by atoms with Crippen LogP contribution in [0.5, 0.6) is 0 Å². The molecule has 4 heteroatoms. The van der Waals surface area contributed by atoms with E-state index in [-0.39, 0.29) is 23.7 Å². The Balaban J connectivity index is 1.86. The zero-order valence-electron chi connectivity index (χ0n) is 15.1. The third kappa shape index (κ3) is 3.52. The van der Waals surface area contributed by atoms with Gasteiger partial charge in [-0.2, -0.15) is 5.26 Å². The van der Waals surface area contributed by atoms with Crippen LogP contribution in [0.2, 0.25) is 0 Å². The highest BCUT2D eigenvalue weighted by atomic mass is 16.2. The third-order valence-corrected chi connectivity index (χ3v) is 4.94. The van der Waals surface area contributed by atoms with Crippen LogP contribution >= 0.6 is 0 Å². The largest absolute Gasteiger partial charge is 0.335 e. The monoisotopic (exact) mass is 346 g/mol. The first kappa shape index (κ1) is 17.9. The molecule has 0 bridgehead atoms. The zero-order valence-corrected chi connectivity index (χ0v) is 15.1. The van der Waals surface area contributed by atoms with Gasteiger partial charge in [-0.15, -0.1) is 0 Å². The lowest BCUT2D eigenvalue weighted by atomic mass is 9.81. The van der Waals surface area contributed by atoms with Gasteiger partial charge in [0.2, 0.25) is 5.91 Å². The predicted molar refractivity (Wildman–Crippen MR) is 99.6 cm³/mol. The number of ketones is 1. The number of amides is 1. The SMILES string of the molecule is CC(C)N(Cc1ccc(C#N)cc1)C(=O)C1CCC(=O)c2ccccc21. The summed E-state index contributed by atoms with van der Waals surface area (Å²) in [5.41, 5.74) is 3.13. The van der Waals surface area contributed by atoms with Crippen molar-refractivity contribution >= 4 is 11.7 Å². The van der Waals surface area contributed by atoms with Crippen LogP contribution in [0.1, 0.15) is 59.7 Å². The van der Waals surface area contributed by atoms with E-state index in [9.17, 15) is 9.59 Å². The molecule has 2 aromatic carbocycles. The first-order chi connectivity index (χ1) is 12.5. The molecule has 3 rings (SSSR count). The van der Waals surface area contributed by atoms with E-state index in [1.165, 1.54) is 0 Å². The molecule has 132 valence electrons. The maximum Gasteiger partial charge on any atom is 0.230 e. The number of hydrogen-bond acceptors (Lipinski definition) is 3. The van der Waals surface area contributed by atoms with Crippen molar-refractivity contribution in [2.24, 2.45) is 0 Å². The molecule has 0 aromatic heterocycles. The van der Waals surface area contributed by atoms with Gasteiger partial charge in [0, 0.05) is 24.6 Å². The van der Waals surface area contributed by atoms with Gasteiger partial charge in [-0.05, 0) is 43.5 Å². The van der Waals surface area contributed by atoms with Gasteiger partial charge in [0.05, 0.1) is 17.6 Å². The van der Waals surface area contributed by atoms with E-state index in [0.717, 1.165) is 11.1 Å². The van der Waals surface area contributed by atoms with Crippen molar-refractivity contribution in [2.45, 2.75) is 45.2 Å². The van der Waals surface area contributed by atoms with Gasteiger partial charge in [0.15, 0.2) is 5.78 Å². The molecule has 4 nitrogen and oxygen atoms in total. The number of carbonyl (C=O) groups is 2. The number of Topliss-reactive ketones (excluding diaryl/α,β-unsaturated/α-hetero) is 1. The van der Waals surface area contributed by atoms with E-state index in [1.54, 1.807) is 12.1 Å². The van der Waals surface area contributed by atoms with Gasteiger partial charge in [0.1, 0.15) is 0 Å². The van der Waals surface area contributed by atoms with Crippen LogP contribution in [-0.2, 0) is 11.3 Å². The standard InChI is InChI=1S/C22H22N2O2/c1-15(2)24(14-17-9-7-16(13-23)8-10-17)22(26)20-11-12-21(25)19-6-4-3-5-18(19)20/h3-10,15,20H,11-12,14H2,1-2H3. The summed E-state index contributed by atoms with van der Waals surface area (Å²) in [6.07, 6.45) is 0.974. The van der Waals surface area contributed by atoms with Gasteiger partial charge >= 0.3 is 0 Å². The van der Waals surface area contributed by atoms with Crippen LogP contribution in [0.4, 0.5) is 0 Å². The fourth-order valence-electron chi connectivity index (χ4n) is 3.47. The average Bonchev–Trinajstić information content (AvgIpc) is 2.66. The molecule has 0 radical (unpaired) electrons. The van der Waals surface area contributed by atoms with E-state index in [4.69, 9.17) is 5.26 Å². The third-order valence-electron chi connectivity index (χ3n) is 4.94. The first-order valence-corrected chi connectivity index (χ1v) is 8.93. The molecule has 1 aliphatic rings. The highest BCUT2D eigenvalue weighted by Gasteiger charge is 2.33. The average molecular weight is 346 g/mol. The maximum atomic E-state index is 13.3. The minimum Gasteiger partial charge on any atom is -0.335 e. The number of fused-ring (bicyclic) bond motifs is 1. The molecule has 0 fully saturated rings. The zero-order chi connectivity index (χ0) is 18.7. The van der Waals surface area contributed by atoms with Crippen molar-refractivity contribution in [3.05, 3.63) is 70.8 Å². The predicted octanol–water partition coefficient (Wildman–Crippen LogP) is 4.06. The molecule has 1 amide bonds. The van der Waals surface area contributed by atoms with Gasteiger partial charge < -0.3 is 4.90 Å². The molecule has 1 unspecified atom stereocenters. The molecule has 0 N–H and O–H groups in total. The van der Waals surface area contributed by atoms with Crippen molar-refractivity contribution in [2.75, 3.05) is 0 Å². The number of carbonyl (C=O) groups excluding carboxylic acids is 2. The number of benzene rings is 2. The molecule has 2 aromatic rings. The smallest absolute Gasteiger partial charge is 0.230 e. The number of rotatable bonds is 4. The fraction of sp³-hybridized carbons (Fsp3) is 0.318. The van der Waals surface area contributed by atoms with Crippen molar-refractivity contribution in [3.63, 3.8) is 0 Å². The van der Waals surface area contributed by atoms with Crippen LogP contribution in [0.15, 0.2) is 48.5 Å². The Kier molecular flexibility index (Phi) is 5.18. The summed E-state index contributed by atoms with van der Waals surface area (Å²) in [6.45, 7) is 4.50. The Bertz CT molecular complexity index is 862. The van der Waals surface area contributed by atoms with E-state index in [2.05, 4.69) is 6.07 Å². The molecule has 0 saturated carbocycles. The number of hydrogen-bond donors (Lipinski definition) is 0. The van der Waals surface area contributed by atoms with E-state index in [0.29, 0.717) is 30.5 Å². The Morgan fingerprint density at radius 3 is 2.54 bits per heavy atom. The summed E-state index contributed by atoms with van der Waals surface area (Å²) in [5.74, 6) is -0.0955. The minimum atomic E-state index is -0.273. The van der Waals surface area contributed by atoms with Crippen LogP contribution < -0.4 is 0 Å². The summed E-state index contributed by atoms with van der Waals surface area (Å²) < 4.78 is 0. The minimum absolute atomic E-state index is 0.0444. The molecule has 0 aliphatic heterocycles. The van der Waals surface area contributed by atoms with Crippen molar-refractivity contribution in [1.29, 1.82) is 5.26 Å². The Labute approximate surface area is 154 Å². The molecular formula is C22H22N2O2. The van der Waals surface area contributed by atoms with E-state index < -0.39 is 0 Å². The van der Waals surface area contributed by atoms with Gasteiger partial charge in [-0.25, -0.2) is 0 Å². The van der Waals surface area contributed by atoms with Crippen molar-refractivity contribution in [1.82, 2.24) is 4.90 Å². The fourth-order valence-corrected chi connectivity index (χ4v) is 3.47. The second-order valence-corrected chi connectivity index (χ2v) is 6.97. The van der Waals surface area contributed by atoms with E-state index in [1.807, 2.05) is 55.1 Å². The Hall–Kier alpha value is -2.93. The second-order valence-electron chi connectivity index (χ2n) is 6.97. The number of nitriles is 1. The normalized spacial score (nSPS) is 16.1. The van der Waals surface area contributed by atoms with Crippen LogP contribution in [0.25, 0.3) is 0 Å². The van der Waals surface area contributed by atoms with Crippen LogP contribution in [0.3, 0.4) is 0 Å². The topological polar surface area (TPSA) is 61.2 Å². The lowest BCUT2D eigenvalue weighted by Gasteiger charge is -2.33. The highest BCUT2D eigenvalue weighted by Crippen LogP contribution is 2.33. The van der Waals surface area contributed by atoms with Crippen molar-refractivity contribution < 1.29 is 9.59 Å². The van der Waals surface area contributed by atoms with E-state index >= 15 is 0 Å². The molecule has 1 atom stereocenters. The van der Waals surface area contributed by atoms with Crippen LogP contribution in [0, 0.1) is 11.3 Å². The molecule has 0 heterocycles.